The molecule has 1 unspecified atom stereocenters. The number of benzene rings is 1. The number of hydrogen-bond donors (Lipinski definition) is 0. The van der Waals surface area contributed by atoms with Crippen molar-refractivity contribution in [1.82, 2.24) is 9.97 Å². The molecule has 1 saturated heterocycles. The van der Waals surface area contributed by atoms with Crippen LogP contribution in [0.3, 0.4) is 0 Å². The van der Waals surface area contributed by atoms with Crippen LogP contribution in [-0.4, -0.2) is 30.2 Å². The van der Waals surface area contributed by atoms with Gasteiger partial charge in [0.25, 0.3) is 6.01 Å². The summed E-state index contributed by atoms with van der Waals surface area (Å²) in [5.74, 6) is 1.43. The fourth-order valence-electron chi connectivity index (χ4n) is 3.18. The molecule has 5 heteroatoms. The van der Waals surface area contributed by atoms with Crippen LogP contribution < -0.4 is 9.64 Å². The third kappa shape index (κ3) is 2.86. The molecule has 1 aromatic carbocycles. The Morgan fingerprint density at radius 3 is 2.96 bits per heavy atom. The molecule has 1 aliphatic rings. The van der Waals surface area contributed by atoms with E-state index in [-0.39, 0.29) is 0 Å². The number of hydrogen-bond acceptors (Lipinski definition) is 5. The molecular weight excluding hydrogens is 290 g/mol. The molecule has 3 aromatic rings. The van der Waals surface area contributed by atoms with Crippen molar-refractivity contribution >= 4 is 17.1 Å². The van der Waals surface area contributed by atoms with Crippen LogP contribution >= 0.6 is 0 Å². The molecule has 2 aromatic heterocycles. The quantitative estimate of drug-likeness (QED) is 0.740. The van der Waals surface area contributed by atoms with Crippen LogP contribution in [0.2, 0.25) is 0 Å². The second-order valence-electron chi connectivity index (χ2n) is 5.99. The van der Waals surface area contributed by atoms with E-state index < -0.39 is 0 Å². The maximum atomic E-state index is 5.90. The topological polar surface area (TPSA) is 51.4 Å². The molecule has 0 N–H and O–H groups in total. The second kappa shape index (κ2) is 5.91. The van der Waals surface area contributed by atoms with Gasteiger partial charge in [0.2, 0.25) is 0 Å². The van der Waals surface area contributed by atoms with Gasteiger partial charge in [0.05, 0.1) is 7.11 Å². The van der Waals surface area contributed by atoms with Crippen molar-refractivity contribution in [3.8, 4) is 5.75 Å². The van der Waals surface area contributed by atoms with Crippen LogP contribution in [0.1, 0.15) is 12.0 Å². The van der Waals surface area contributed by atoms with Crippen LogP contribution in [0, 0.1) is 5.92 Å². The maximum Gasteiger partial charge on any atom is 0.298 e. The molecule has 0 aliphatic carbocycles. The molecule has 3 heterocycles. The van der Waals surface area contributed by atoms with E-state index in [2.05, 4.69) is 27.0 Å². The normalized spacial score (nSPS) is 17.8. The Bertz CT molecular complexity index is 800. The summed E-state index contributed by atoms with van der Waals surface area (Å²) in [6.07, 6.45) is 5.95. The summed E-state index contributed by atoms with van der Waals surface area (Å²) in [5, 5.41) is 0. The zero-order valence-electron chi connectivity index (χ0n) is 13.1. The fraction of sp³-hybridized carbons (Fsp3) is 0.333. The van der Waals surface area contributed by atoms with Gasteiger partial charge in [0.15, 0.2) is 5.58 Å². The van der Waals surface area contributed by atoms with Crippen molar-refractivity contribution in [2.45, 2.75) is 12.8 Å². The third-order valence-electron chi connectivity index (χ3n) is 4.41. The summed E-state index contributed by atoms with van der Waals surface area (Å²) in [6, 6.07) is 10.6. The highest BCUT2D eigenvalue weighted by atomic mass is 16.5. The first-order valence-electron chi connectivity index (χ1n) is 7.90. The van der Waals surface area contributed by atoms with Crippen molar-refractivity contribution in [2.75, 3.05) is 25.1 Å². The fourth-order valence-corrected chi connectivity index (χ4v) is 3.18. The molecule has 5 nitrogen and oxygen atoms in total. The van der Waals surface area contributed by atoms with Crippen molar-refractivity contribution in [2.24, 2.45) is 5.92 Å². The van der Waals surface area contributed by atoms with Gasteiger partial charge in [-0.1, -0.05) is 0 Å². The lowest BCUT2D eigenvalue weighted by Crippen LogP contribution is -2.20. The molecule has 0 radical (unpaired) electrons. The molecule has 4 rings (SSSR count). The van der Waals surface area contributed by atoms with Crippen molar-refractivity contribution < 1.29 is 9.15 Å². The predicted octanol–water partition coefficient (Wildman–Crippen LogP) is 3.30. The van der Waals surface area contributed by atoms with Gasteiger partial charge >= 0.3 is 0 Å². The highest BCUT2D eigenvalue weighted by Crippen LogP contribution is 2.29. The van der Waals surface area contributed by atoms with E-state index in [4.69, 9.17) is 9.15 Å². The summed E-state index contributed by atoms with van der Waals surface area (Å²) in [7, 11) is 1.66. The third-order valence-corrected chi connectivity index (χ3v) is 4.41. The number of aromatic nitrogens is 2. The first kappa shape index (κ1) is 14.1. The number of rotatable bonds is 4. The Morgan fingerprint density at radius 1 is 1.26 bits per heavy atom. The second-order valence-corrected chi connectivity index (χ2v) is 5.99. The van der Waals surface area contributed by atoms with E-state index in [1.54, 1.807) is 7.11 Å². The molecule has 23 heavy (non-hydrogen) atoms. The lowest BCUT2D eigenvalue weighted by molar-refractivity contribution is 0.415. The van der Waals surface area contributed by atoms with E-state index in [1.165, 1.54) is 5.56 Å². The Hall–Kier alpha value is -2.56. The van der Waals surface area contributed by atoms with E-state index in [9.17, 15) is 0 Å². The smallest absolute Gasteiger partial charge is 0.298 e. The molecule has 118 valence electrons. The number of fused-ring (bicyclic) bond motifs is 1. The monoisotopic (exact) mass is 309 g/mol. The average Bonchev–Trinajstić information content (AvgIpc) is 3.21. The molecular formula is C18H19N3O2. The van der Waals surface area contributed by atoms with Gasteiger partial charge in [-0.25, -0.2) is 0 Å². The van der Waals surface area contributed by atoms with E-state index >= 15 is 0 Å². The largest absolute Gasteiger partial charge is 0.497 e. The zero-order valence-corrected chi connectivity index (χ0v) is 13.1. The minimum atomic E-state index is 0.627. The summed E-state index contributed by atoms with van der Waals surface area (Å²) < 4.78 is 11.1. The first-order chi connectivity index (χ1) is 11.3. The molecule has 0 saturated carbocycles. The summed E-state index contributed by atoms with van der Waals surface area (Å²) in [6.45, 7) is 1.96. The summed E-state index contributed by atoms with van der Waals surface area (Å²) >= 11 is 0. The van der Waals surface area contributed by atoms with Gasteiger partial charge in [-0.15, -0.1) is 0 Å². The van der Waals surface area contributed by atoms with Gasteiger partial charge in [-0.05, 0) is 48.6 Å². The Labute approximate surface area is 134 Å². The Balaban J connectivity index is 1.49. The molecule has 1 fully saturated rings. The highest BCUT2D eigenvalue weighted by molar-refractivity contribution is 5.76. The number of methoxy groups -OCH3 is 1. The number of nitrogens with zero attached hydrogens (tertiary/aromatic N) is 3. The van der Waals surface area contributed by atoms with Crippen molar-refractivity contribution in [3.63, 3.8) is 0 Å². The van der Waals surface area contributed by atoms with Crippen molar-refractivity contribution in [1.29, 1.82) is 0 Å². The van der Waals surface area contributed by atoms with Crippen LogP contribution in [-0.2, 0) is 6.42 Å². The lowest BCUT2D eigenvalue weighted by atomic mass is 10.00. The number of pyridine rings is 1. The molecule has 1 atom stereocenters. The minimum absolute atomic E-state index is 0.627. The van der Waals surface area contributed by atoms with Crippen LogP contribution in [0.4, 0.5) is 6.01 Å². The van der Waals surface area contributed by atoms with Crippen LogP contribution in [0.15, 0.2) is 47.1 Å². The lowest BCUT2D eigenvalue weighted by Gasteiger charge is -2.13. The predicted molar refractivity (Wildman–Crippen MR) is 88.8 cm³/mol. The minimum Gasteiger partial charge on any atom is -0.497 e. The molecule has 0 bridgehead atoms. The molecule has 1 aliphatic heterocycles. The van der Waals surface area contributed by atoms with Gasteiger partial charge < -0.3 is 14.1 Å². The van der Waals surface area contributed by atoms with Gasteiger partial charge in [0, 0.05) is 31.5 Å². The van der Waals surface area contributed by atoms with Gasteiger partial charge in [-0.2, -0.15) is 4.98 Å². The first-order valence-corrected chi connectivity index (χ1v) is 7.90. The molecule has 0 amide bonds. The maximum absolute atomic E-state index is 5.90. The van der Waals surface area contributed by atoms with E-state index in [0.717, 1.165) is 42.8 Å². The number of anilines is 1. The highest BCUT2D eigenvalue weighted by Gasteiger charge is 2.26. The Kier molecular flexibility index (Phi) is 3.61. The van der Waals surface area contributed by atoms with Gasteiger partial charge in [-0.3, -0.25) is 4.98 Å². The summed E-state index contributed by atoms with van der Waals surface area (Å²) in [4.78, 5) is 10.9. The molecule has 0 spiro atoms. The average molecular weight is 309 g/mol. The Morgan fingerprint density at radius 2 is 2.13 bits per heavy atom. The number of ether oxygens (including phenoxy) is 1. The van der Waals surface area contributed by atoms with E-state index in [0.29, 0.717) is 11.9 Å². The standard InChI is InChI=1S/C18H19N3O2/c1-22-15-2-3-17-16(11-15)20-18(23-17)21-9-6-14(12-21)10-13-4-7-19-8-5-13/h2-5,7-8,11,14H,6,9-10,12H2,1H3. The van der Waals surface area contributed by atoms with Gasteiger partial charge in [0.1, 0.15) is 11.3 Å². The van der Waals surface area contributed by atoms with Crippen LogP contribution in [0.5, 0.6) is 5.75 Å². The summed E-state index contributed by atoms with van der Waals surface area (Å²) in [5.41, 5.74) is 2.99. The van der Waals surface area contributed by atoms with Crippen LogP contribution in [0.25, 0.3) is 11.1 Å². The zero-order chi connectivity index (χ0) is 15.6. The number of oxazole rings is 1. The van der Waals surface area contributed by atoms with E-state index in [1.807, 2.05) is 30.6 Å². The van der Waals surface area contributed by atoms with Crippen molar-refractivity contribution in [3.05, 3.63) is 48.3 Å². The SMILES string of the molecule is COc1ccc2oc(N3CCC(Cc4ccncc4)C3)nc2c1.